The SMILES string of the molecule is CCCCCCCCCCCCC/C=C/[C@H](O)[C@@H](CO[C@@H]1O[C@H](CO)[C@@H](O)[C@H](O[C@@H]2O[C@H](CO)[C@H](O)[C@H](C(O)[C@]3(C(=O)O)C[C@H](O)[C@@H](NC(C)=O)[C@H]([C@H](O)[C@H](O)CO)O3)[C@H]2O)[C@H]1O)NC(=O)CCCCCCCCCCCCCCC. The van der Waals surface area contributed by atoms with Crippen LogP contribution in [0.1, 0.15) is 194 Å². The summed E-state index contributed by atoms with van der Waals surface area (Å²) >= 11 is 0. The largest absolute Gasteiger partial charge is 0.479 e. The van der Waals surface area contributed by atoms with Gasteiger partial charge in [0.25, 0.3) is 0 Å². The van der Waals surface area contributed by atoms with Crippen LogP contribution in [0.15, 0.2) is 12.2 Å². The molecular weight excluding hydrogens is 1060 g/mol. The van der Waals surface area contributed by atoms with Gasteiger partial charge in [-0.1, -0.05) is 167 Å². The molecule has 3 fully saturated rings. The van der Waals surface area contributed by atoms with Crippen LogP contribution < -0.4 is 10.6 Å². The fourth-order valence-corrected chi connectivity index (χ4v) is 11.2. The number of aliphatic hydroxyl groups is 12. The minimum Gasteiger partial charge on any atom is -0.479 e. The van der Waals surface area contributed by atoms with Crippen molar-refractivity contribution in [3.63, 3.8) is 0 Å². The highest BCUT2D eigenvalue weighted by Crippen LogP contribution is 2.42. The van der Waals surface area contributed by atoms with Crippen molar-refractivity contribution in [3.8, 4) is 0 Å². The zero-order chi connectivity index (χ0) is 59.9. The van der Waals surface area contributed by atoms with Gasteiger partial charge in [-0.05, 0) is 19.3 Å². The number of nitrogens with one attached hydrogen (secondary N) is 2. The van der Waals surface area contributed by atoms with E-state index in [0.29, 0.717) is 12.8 Å². The number of amides is 2. The molecule has 0 aromatic rings. The predicted octanol–water partition coefficient (Wildman–Crippen LogP) is 2.02. The number of hydrogen-bond donors (Lipinski definition) is 15. The minimum atomic E-state index is -3.08. The summed E-state index contributed by atoms with van der Waals surface area (Å²) in [5.74, 6) is -5.30. The molecule has 81 heavy (non-hydrogen) atoms. The van der Waals surface area contributed by atoms with Crippen LogP contribution in [0.2, 0.25) is 0 Å². The summed E-state index contributed by atoms with van der Waals surface area (Å²) in [4.78, 5) is 38.7. The summed E-state index contributed by atoms with van der Waals surface area (Å²) in [6, 6.07) is -2.71. The van der Waals surface area contributed by atoms with Gasteiger partial charge in [0.05, 0.1) is 56.8 Å². The van der Waals surface area contributed by atoms with Crippen LogP contribution in [0, 0.1) is 5.92 Å². The maximum Gasteiger partial charge on any atom is 0.338 e. The monoisotopic (exact) mass is 1170 g/mol. The number of carboxylic acid groups (broad SMARTS) is 1. The Kier molecular flexibility index (Phi) is 35.9. The van der Waals surface area contributed by atoms with Crippen molar-refractivity contribution in [2.45, 2.75) is 304 Å². The lowest BCUT2D eigenvalue weighted by molar-refractivity contribution is -0.364. The number of ether oxygens (including phenoxy) is 5. The first-order valence-corrected chi connectivity index (χ1v) is 30.5. The quantitative estimate of drug-likeness (QED) is 0.0307. The summed E-state index contributed by atoms with van der Waals surface area (Å²) in [6.45, 7) is 1.95. The van der Waals surface area contributed by atoms with Gasteiger partial charge >= 0.3 is 5.97 Å². The lowest BCUT2D eigenvalue weighted by Gasteiger charge is -2.53. The average Bonchev–Trinajstić information content (AvgIpc) is 3.49. The van der Waals surface area contributed by atoms with Gasteiger partial charge in [-0.15, -0.1) is 0 Å². The van der Waals surface area contributed by atoms with Crippen LogP contribution in [0.4, 0.5) is 0 Å². The molecule has 3 aliphatic rings. The van der Waals surface area contributed by atoms with Crippen molar-refractivity contribution in [3.05, 3.63) is 12.2 Å². The van der Waals surface area contributed by atoms with Gasteiger partial charge in [-0.2, -0.15) is 0 Å². The number of hydrogen-bond acceptors (Lipinski definition) is 20. The van der Waals surface area contributed by atoms with E-state index >= 15 is 0 Å². The second-order valence-corrected chi connectivity index (χ2v) is 22.8. The second-order valence-electron chi connectivity index (χ2n) is 22.8. The predicted molar refractivity (Wildman–Crippen MR) is 297 cm³/mol. The zero-order valence-electron chi connectivity index (χ0n) is 48.5. The third-order valence-corrected chi connectivity index (χ3v) is 16.2. The normalized spacial score (nSPS) is 30.9. The van der Waals surface area contributed by atoms with Gasteiger partial charge in [0, 0.05) is 25.7 Å². The summed E-state index contributed by atoms with van der Waals surface area (Å²) in [6.07, 6.45) is 1.24. The summed E-state index contributed by atoms with van der Waals surface area (Å²) in [5, 5.41) is 148. The van der Waals surface area contributed by atoms with E-state index in [-0.39, 0.29) is 12.3 Å². The number of rotatable bonds is 43. The Balaban J connectivity index is 1.76. The number of aliphatic hydroxyl groups excluding tert-OH is 12. The molecule has 3 aliphatic heterocycles. The van der Waals surface area contributed by atoms with E-state index in [9.17, 15) is 80.8 Å². The molecule has 19 atom stereocenters. The third-order valence-electron chi connectivity index (χ3n) is 16.2. The van der Waals surface area contributed by atoms with Gasteiger partial charge in [0.1, 0.15) is 61.0 Å². The molecule has 474 valence electrons. The highest BCUT2D eigenvalue weighted by atomic mass is 16.7. The van der Waals surface area contributed by atoms with Crippen molar-refractivity contribution in [1.82, 2.24) is 10.6 Å². The van der Waals surface area contributed by atoms with E-state index in [1.165, 1.54) is 96.3 Å². The minimum absolute atomic E-state index is 0.177. The molecule has 0 saturated carbocycles. The Morgan fingerprint density at radius 2 is 1.15 bits per heavy atom. The van der Waals surface area contributed by atoms with E-state index in [2.05, 4.69) is 24.5 Å². The number of unbranched alkanes of at least 4 members (excludes halogenated alkanes) is 23. The average molecular weight is 1170 g/mol. The van der Waals surface area contributed by atoms with Crippen molar-refractivity contribution in [2.75, 3.05) is 26.4 Å². The van der Waals surface area contributed by atoms with Gasteiger partial charge in [-0.25, -0.2) is 4.79 Å². The Labute approximate surface area is 479 Å². The van der Waals surface area contributed by atoms with Crippen molar-refractivity contribution >= 4 is 17.8 Å². The molecule has 3 saturated heterocycles. The molecule has 2 amide bonds. The number of carboxylic acids is 1. The van der Waals surface area contributed by atoms with Gasteiger partial charge in [0.15, 0.2) is 18.2 Å². The number of carbonyl (C=O) groups excluding carboxylic acids is 2. The molecular formula is C58H106N2O21. The molecule has 23 nitrogen and oxygen atoms in total. The zero-order valence-corrected chi connectivity index (χ0v) is 48.5. The first kappa shape index (κ1) is 72.7. The van der Waals surface area contributed by atoms with Crippen LogP contribution in [0.25, 0.3) is 0 Å². The summed E-state index contributed by atoms with van der Waals surface area (Å²) in [7, 11) is 0. The van der Waals surface area contributed by atoms with Gasteiger partial charge < -0.3 is 101 Å². The third kappa shape index (κ3) is 23.7. The van der Waals surface area contributed by atoms with Crippen LogP contribution in [-0.4, -0.2) is 220 Å². The summed E-state index contributed by atoms with van der Waals surface area (Å²) < 4.78 is 29.1. The molecule has 0 aromatic heterocycles. The maximum absolute atomic E-state index is 13.4. The molecule has 15 N–H and O–H groups in total. The Bertz CT molecular complexity index is 1740. The first-order valence-electron chi connectivity index (χ1n) is 30.5. The summed E-state index contributed by atoms with van der Waals surface area (Å²) in [5.41, 5.74) is -3.08. The molecule has 0 spiro atoms. The van der Waals surface area contributed by atoms with E-state index in [1.807, 2.05) is 6.08 Å². The lowest BCUT2D eigenvalue weighted by atomic mass is 9.72. The number of aliphatic carboxylic acids is 1. The van der Waals surface area contributed by atoms with E-state index in [0.717, 1.165) is 58.3 Å². The van der Waals surface area contributed by atoms with Crippen LogP contribution in [0.5, 0.6) is 0 Å². The van der Waals surface area contributed by atoms with E-state index < -0.39 is 160 Å². The molecule has 23 heteroatoms. The van der Waals surface area contributed by atoms with Crippen LogP contribution in [-0.2, 0) is 38.1 Å². The fraction of sp³-hybridized carbons (Fsp3) is 0.914. The molecule has 0 bridgehead atoms. The van der Waals surface area contributed by atoms with Crippen molar-refractivity contribution in [1.29, 1.82) is 0 Å². The molecule has 0 radical (unpaired) electrons. The number of allylic oxidation sites excluding steroid dienone is 1. The Morgan fingerprint density at radius 3 is 1.64 bits per heavy atom. The first-order chi connectivity index (χ1) is 38.8. The Morgan fingerprint density at radius 1 is 0.654 bits per heavy atom. The lowest BCUT2D eigenvalue weighted by Crippen LogP contribution is -2.73. The topological polar surface area (TPSA) is 384 Å². The molecule has 3 rings (SSSR count). The molecule has 1 unspecified atom stereocenters. The fourth-order valence-electron chi connectivity index (χ4n) is 11.2. The van der Waals surface area contributed by atoms with Crippen LogP contribution in [0.3, 0.4) is 0 Å². The van der Waals surface area contributed by atoms with Crippen molar-refractivity contribution < 1.29 is 104 Å². The van der Waals surface area contributed by atoms with E-state index in [1.54, 1.807) is 6.08 Å². The highest BCUT2D eigenvalue weighted by molar-refractivity contribution is 5.79. The smallest absolute Gasteiger partial charge is 0.338 e. The van der Waals surface area contributed by atoms with Crippen molar-refractivity contribution in [2.24, 2.45) is 5.92 Å². The molecule has 3 heterocycles. The highest BCUT2D eigenvalue weighted by Gasteiger charge is 2.63. The molecule has 0 aromatic carbocycles. The van der Waals surface area contributed by atoms with E-state index in [4.69, 9.17) is 23.7 Å². The Hall–Kier alpha value is -2.53. The van der Waals surface area contributed by atoms with Crippen LogP contribution >= 0.6 is 0 Å². The number of carbonyl (C=O) groups is 3. The maximum atomic E-state index is 13.4. The molecule has 0 aliphatic carbocycles. The van der Waals surface area contributed by atoms with Gasteiger partial charge in [-0.3, -0.25) is 9.59 Å². The van der Waals surface area contributed by atoms with Gasteiger partial charge in [0.2, 0.25) is 11.8 Å². The standard InChI is InChI=1S/C58H106N2O21/c1-4-6-8-10-12-14-16-18-20-22-24-26-28-30-39(65)38(60-44(68)31-29-27-25-23-21-19-17-15-13-11-9-7-5-2)36-77-55-51(73)53(49(71)43(35-63)78-55)80-56-50(72)45(48(70)42(34-62)79-56)54(74)58(57(75)76)32-40(66)46(59-37(3)64)52(81-58)47(69)41(67)33-61/h28,30,38-43,45-56,61-63,65-67,69-74H,4-27,29,31-36H2,1-3H3,(H,59,64)(H,60,68)(H,75,76)/b30-28+/t38-,39+,40+,41-,42-,43-,45+,46-,47-,48+,49-,50-,51-,52-,53+,54?,55-,56+,58+/m1/s1. The second kappa shape index (κ2) is 40.0.